The molecule has 2 rings (SSSR count). The number of hydrogen-bond donors (Lipinski definition) is 0. The summed E-state index contributed by atoms with van der Waals surface area (Å²) in [7, 11) is 0. The quantitative estimate of drug-likeness (QED) is 0.530. The maximum absolute atomic E-state index is 13.8. The van der Waals surface area contributed by atoms with E-state index >= 15 is 0 Å². The molecule has 100 valence electrons. The molecule has 1 unspecified atom stereocenters. The maximum atomic E-state index is 13.8. The van der Waals surface area contributed by atoms with E-state index in [2.05, 4.69) is 37.9 Å². The fourth-order valence-electron chi connectivity index (χ4n) is 1.92. The molecule has 0 aliphatic carbocycles. The van der Waals surface area contributed by atoms with Crippen LogP contribution in [0.2, 0.25) is 5.02 Å². The molecule has 4 heteroatoms. The van der Waals surface area contributed by atoms with Gasteiger partial charge in [-0.3, -0.25) is 0 Å². The number of halogens is 4. The first-order valence-electron chi connectivity index (χ1n) is 5.82. The molecule has 0 bridgehead atoms. The largest absolute Gasteiger partial charge is 0.207 e. The number of alkyl halides is 1. The molecule has 19 heavy (non-hydrogen) atoms. The van der Waals surface area contributed by atoms with Crippen molar-refractivity contribution >= 4 is 43.5 Å². The molecule has 0 spiro atoms. The van der Waals surface area contributed by atoms with E-state index in [1.807, 2.05) is 19.1 Å². The molecule has 0 saturated carbocycles. The Kier molecular flexibility index (Phi) is 5.04. The van der Waals surface area contributed by atoms with Crippen LogP contribution in [0.5, 0.6) is 0 Å². The van der Waals surface area contributed by atoms with Gasteiger partial charge in [0, 0.05) is 19.9 Å². The smallest absolute Gasteiger partial charge is 0.127 e. The zero-order valence-electron chi connectivity index (χ0n) is 10.3. The van der Waals surface area contributed by atoms with Gasteiger partial charge in [0.05, 0.1) is 0 Å². The van der Waals surface area contributed by atoms with Gasteiger partial charge in [0.25, 0.3) is 0 Å². The van der Waals surface area contributed by atoms with E-state index in [9.17, 15) is 4.39 Å². The van der Waals surface area contributed by atoms with E-state index < -0.39 is 0 Å². The minimum absolute atomic E-state index is 0.0103. The third-order valence-electron chi connectivity index (χ3n) is 2.93. The lowest BCUT2D eigenvalue weighted by Crippen LogP contribution is -2.00. The second-order valence-corrected chi connectivity index (χ2v) is 6.76. The van der Waals surface area contributed by atoms with Crippen molar-refractivity contribution in [1.82, 2.24) is 0 Å². The summed E-state index contributed by atoms with van der Waals surface area (Å²) in [6.07, 6.45) is 0.507. The highest BCUT2D eigenvalue weighted by Crippen LogP contribution is 2.35. The van der Waals surface area contributed by atoms with Crippen LogP contribution in [0.3, 0.4) is 0 Å². The molecule has 0 aromatic heterocycles. The predicted octanol–water partition coefficient (Wildman–Crippen LogP) is 6.23. The Balaban J connectivity index is 2.31. The molecule has 0 N–H and O–H groups in total. The number of benzene rings is 2. The minimum Gasteiger partial charge on any atom is -0.207 e. The maximum Gasteiger partial charge on any atom is 0.127 e. The van der Waals surface area contributed by atoms with Crippen LogP contribution in [0.1, 0.15) is 21.5 Å². The summed E-state index contributed by atoms with van der Waals surface area (Å²) in [6, 6.07) is 10.9. The fourth-order valence-corrected chi connectivity index (χ4v) is 3.69. The molecule has 1 atom stereocenters. The zero-order chi connectivity index (χ0) is 14.0. The number of hydrogen-bond acceptors (Lipinski definition) is 0. The van der Waals surface area contributed by atoms with Crippen molar-refractivity contribution in [2.75, 3.05) is 0 Å². The van der Waals surface area contributed by atoms with Crippen molar-refractivity contribution in [3.8, 4) is 0 Å². The van der Waals surface area contributed by atoms with E-state index in [1.165, 1.54) is 11.6 Å². The standard InChI is InChI=1S/C15H12Br2ClF/c1-9-5-6-12(16)10(7-9)13(17)8-11-14(18)3-2-4-15(11)19/h2-7,13H,8H2,1H3. The Hall–Kier alpha value is -0.380. The first kappa shape index (κ1) is 15.0. The molecule has 0 saturated heterocycles. The second kappa shape index (κ2) is 6.38. The van der Waals surface area contributed by atoms with Gasteiger partial charge in [-0.15, -0.1) is 0 Å². The summed E-state index contributed by atoms with van der Waals surface area (Å²) in [5.74, 6) is -0.263. The van der Waals surface area contributed by atoms with Gasteiger partial charge in [0.1, 0.15) is 5.82 Å². The molecular weight excluding hydrogens is 394 g/mol. The minimum atomic E-state index is -0.263. The predicted molar refractivity (Wildman–Crippen MR) is 85.7 cm³/mol. The van der Waals surface area contributed by atoms with Crippen molar-refractivity contribution in [2.24, 2.45) is 0 Å². The summed E-state index contributed by atoms with van der Waals surface area (Å²) >= 11 is 13.2. The van der Waals surface area contributed by atoms with Crippen LogP contribution in [0.15, 0.2) is 40.9 Å². The molecule has 0 nitrogen and oxygen atoms in total. The van der Waals surface area contributed by atoms with Gasteiger partial charge in [0.15, 0.2) is 0 Å². The Morgan fingerprint density at radius 2 is 2.00 bits per heavy atom. The molecule has 0 heterocycles. The molecule has 0 fully saturated rings. The lowest BCUT2D eigenvalue weighted by Gasteiger charge is -2.14. The average molecular weight is 407 g/mol. The van der Waals surface area contributed by atoms with Gasteiger partial charge in [-0.1, -0.05) is 67.2 Å². The Morgan fingerprint density at radius 1 is 1.26 bits per heavy atom. The highest BCUT2D eigenvalue weighted by atomic mass is 79.9. The van der Waals surface area contributed by atoms with Crippen LogP contribution >= 0.6 is 43.5 Å². The monoisotopic (exact) mass is 404 g/mol. The number of rotatable bonds is 3. The first-order chi connectivity index (χ1) is 8.99. The van der Waals surface area contributed by atoms with E-state index in [-0.39, 0.29) is 10.6 Å². The third-order valence-corrected chi connectivity index (χ3v) is 4.83. The SMILES string of the molecule is Cc1ccc(Br)c(C(Br)Cc2c(F)cccc2Cl)c1. The molecule has 0 radical (unpaired) electrons. The van der Waals surface area contributed by atoms with Gasteiger partial charge in [-0.05, 0) is 37.1 Å². The second-order valence-electron chi connectivity index (χ2n) is 4.40. The third kappa shape index (κ3) is 3.59. The lowest BCUT2D eigenvalue weighted by molar-refractivity contribution is 0.608. The molecular formula is C15H12Br2ClF. The van der Waals surface area contributed by atoms with Crippen LogP contribution in [0.4, 0.5) is 4.39 Å². The van der Waals surface area contributed by atoms with Crippen LogP contribution in [0.25, 0.3) is 0 Å². The van der Waals surface area contributed by atoms with Gasteiger partial charge >= 0.3 is 0 Å². The van der Waals surface area contributed by atoms with Crippen molar-refractivity contribution in [3.63, 3.8) is 0 Å². The molecule has 0 amide bonds. The Morgan fingerprint density at radius 3 is 2.68 bits per heavy atom. The molecule has 0 aliphatic heterocycles. The van der Waals surface area contributed by atoms with E-state index in [1.54, 1.807) is 12.1 Å². The van der Waals surface area contributed by atoms with Crippen molar-refractivity contribution in [3.05, 3.63) is 68.4 Å². The highest BCUT2D eigenvalue weighted by Gasteiger charge is 2.16. The van der Waals surface area contributed by atoms with Crippen LogP contribution in [-0.4, -0.2) is 0 Å². The summed E-state index contributed by atoms with van der Waals surface area (Å²) in [5.41, 5.74) is 2.81. The van der Waals surface area contributed by atoms with E-state index in [0.29, 0.717) is 17.0 Å². The average Bonchev–Trinajstić information content (AvgIpc) is 2.37. The molecule has 0 aliphatic rings. The summed E-state index contributed by atoms with van der Waals surface area (Å²) in [6.45, 7) is 2.03. The van der Waals surface area contributed by atoms with E-state index in [4.69, 9.17) is 11.6 Å². The normalized spacial score (nSPS) is 12.5. The summed E-state index contributed by atoms with van der Waals surface area (Å²) in [4.78, 5) is 0.0103. The van der Waals surface area contributed by atoms with Gasteiger partial charge < -0.3 is 0 Å². The van der Waals surface area contributed by atoms with Crippen molar-refractivity contribution < 1.29 is 4.39 Å². The van der Waals surface area contributed by atoms with Gasteiger partial charge in [0.2, 0.25) is 0 Å². The molecule has 2 aromatic carbocycles. The Labute approximate surface area is 134 Å². The highest BCUT2D eigenvalue weighted by molar-refractivity contribution is 9.11. The lowest BCUT2D eigenvalue weighted by atomic mass is 10.0. The summed E-state index contributed by atoms with van der Waals surface area (Å²) < 4.78 is 14.8. The van der Waals surface area contributed by atoms with Crippen LogP contribution < -0.4 is 0 Å². The fraction of sp³-hybridized carbons (Fsp3) is 0.200. The van der Waals surface area contributed by atoms with Crippen molar-refractivity contribution in [2.45, 2.75) is 18.2 Å². The van der Waals surface area contributed by atoms with Crippen LogP contribution in [-0.2, 0) is 6.42 Å². The zero-order valence-corrected chi connectivity index (χ0v) is 14.2. The number of aryl methyl sites for hydroxylation is 1. The molecule has 2 aromatic rings. The van der Waals surface area contributed by atoms with E-state index in [0.717, 1.165) is 10.0 Å². The van der Waals surface area contributed by atoms with Crippen molar-refractivity contribution in [1.29, 1.82) is 0 Å². The van der Waals surface area contributed by atoms with Crippen LogP contribution in [0, 0.1) is 12.7 Å². The van der Waals surface area contributed by atoms with Gasteiger partial charge in [-0.25, -0.2) is 4.39 Å². The first-order valence-corrected chi connectivity index (χ1v) is 7.90. The van der Waals surface area contributed by atoms with Gasteiger partial charge in [-0.2, -0.15) is 0 Å². The Bertz CT molecular complexity index is 578. The topological polar surface area (TPSA) is 0 Å². The summed E-state index contributed by atoms with van der Waals surface area (Å²) in [5, 5.41) is 0.466.